The van der Waals surface area contributed by atoms with Crippen molar-refractivity contribution in [3.8, 4) is 5.75 Å². The highest BCUT2D eigenvalue weighted by atomic mass is 32.1. The Balaban J connectivity index is 1.43. The van der Waals surface area contributed by atoms with Gasteiger partial charge in [-0.3, -0.25) is 9.36 Å². The van der Waals surface area contributed by atoms with Crippen LogP contribution in [0.5, 0.6) is 5.75 Å². The number of hydrogen-bond donors (Lipinski definition) is 1. The fourth-order valence-electron chi connectivity index (χ4n) is 4.38. The highest BCUT2D eigenvalue weighted by Crippen LogP contribution is 2.33. The average Bonchev–Trinajstić information content (AvgIpc) is 3.17. The van der Waals surface area contributed by atoms with Gasteiger partial charge in [0.15, 0.2) is 0 Å². The van der Waals surface area contributed by atoms with E-state index in [9.17, 15) is 4.79 Å². The lowest BCUT2D eigenvalue weighted by Crippen LogP contribution is -2.35. The molecule has 0 saturated heterocycles. The molecule has 0 radical (unpaired) electrons. The molecule has 1 aromatic carbocycles. The Kier molecular flexibility index (Phi) is 7.60. The SMILES string of the molecule is COc1ccccc1CCn1cnc2sc3c(c2c1=O)CCC(NCCCOC(C)C)C3. The van der Waals surface area contributed by atoms with E-state index in [0.29, 0.717) is 12.6 Å². The Morgan fingerprint density at radius 1 is 1.31 bits per heavy atom. The maximum atomic E-state index is 13.3. The number of aromatic nitrogens is 2. The molecule has 32 heavy (non-hydrogen) atoms. The van der Waals surface area contributed by atoms with Crippen LogP contribution in [0.3, 0.4) is 0 Å². The van der Waals surface area contributed by atoms with Crippen molar-refractivity contribution in [3.63, 3.8) is 0 Å². The third-order valence-corrected chi connectivity index (χ3v) is 7.22. The number of methoxy groups -OCH3 is 1. The number of fused-ring (bicyclic) bond motifs is 3. The summed E-state index contributed by atoms with van der Waals surface area (Å²) in [5.41, 5.74) is 2.40. The molecule has 0 saturated carbocycles. The summed E-state index contributed by atoms with van der Waals surface area (Å²) in [7, 11) is 1.68. The van der Waals surface area contributed by atoms with Crippen molar-refractivity contribution in [1.82, 2.24) is 14.9 Å². The van der Waals surface area contributed by atoms with E-state index in [-0.39, 0.29) is 11.7 Å². The smallest absolute Gasteiger partial charge is 0.262 e. The third-order valence-electron chi connectivity index (χ3n) is 6.06. The first-order chi connectivity index (χ1) is 15.6. The summed E-state index contributed by atoms with van der Waals surface area (Å²) in [5, 5.41) is 4.50. The highest BCUT2D eigenvalue weighted by molar-refractivity contribution is 7.18. The molecule has 2 heterocycles. The average molecular weight is 456 g/mol. The van der Waals surface area contributed by atoms with E-state index in [4.69, 9.17) is 9.47 Å². The Bertz CT molecular complexity index is 1110. The molecule has 0 bridgehead atoms. The largest absolute Gasteiger partial charge is 0.496 e. The molecular weight excluding hydrogens is 422 g/mol. The van der Waals surface area contributed by atoms with Crippen molar-refractivity contribution in [2.45, 2.75) is 64.6 Å². The molecule has 6 nitrogen and oxygen atoms in total. The van der Waals surface area contributed by atoms with Gasteiger partial charge in [-0.05, 0) is 69.7 Å². The number of hydrogen-bond acceptors (Lipinski definition) is 6. The minimum absolute atomic E-state index is 0.0830. The van der Waals surface area contributed by atoms with Gasteiger partial charge in [0.25, 0.3) is 5.56 Å². The number of para-hydroxylation sites is 1. The summed E-state index contributed by atoms with van der Waals surface area (Å²) < 4.78 is 12.8. The molecule has 1 aliphatic rings. The topological polar surface area (TPSA) is 65.4 Å². The monoisotopic (exact) mass is 455 g/mol. The van der Waals surface area contributed by atoms with Gasteiger partial charge in [0, 0.05) is 24.1 Å². The lowest BCUT2D eigenvalue weighted by atomic mass is 9.93. The second-order valence-corrected chi connectivity index (χ2v) is 9.74. The number of nitrogens with zero attached hydrogens (tertiary/aromatic N) is 2. The van der Waals surface area contributed by atoms with E-state index in [1.54, 1.807) is 29.3 Å². The number of benzene rings is 1. The molecule has 0 fully saturated rings. The lowest BCUT2D eigenvalue weighted by Gasteiger charge is -2.23. The number of aryl methyl sites for hydroxylation is 3. The van der Waals surface area contributed by atoms with Gasteiger partial charge in [-0.2, -0.15) is 0 Å². The summed E-state index contributed by atoms with van der Waals surface area (Å²) in [6.07, 6.45) is 6.70. The predicted octanol–water partition coefficient (Wildman–Crippen LogP) is 3.97. The molecule has 7 heteroatoms. The van der Waals surface area contributed by atoms with E-state index in [2.05, 4.69) is 24.1 Å². The van der Waals surface area contributed by atoms with Gasteiger partial charge in [0.05, 0.1) is 24.9 Å². The van der Waals surface area contributed by atoms with Crippen molar-refractivity contribution in [1.29, 1.82) is 0 Å². The van der Waals surface area contributed by atoms with Crippen LogP contribution in [0.1, 0.15) is 42.7 Å². The molecule has 2 aromatic heterocycles. The van der Waals surface area contributed by atoms with Crippen LogP contribution in [0.25, 0.3) is 10.2 Å². The summed E-state index contributed by atoms with van der Waals surface area (Å²) in [4.78, 5) is 20.1. The molecule has 0 spiro atoms. The number of nitrogens with one attached hydrogen (secondary N) is 1. The van der Waals surface area contributed by atoms with Crippen LogP contribution in [0.4, 0.5) is 0 Å². The lowest BCUT2D eigenvalue weighted by molar-refractivity contribution is 0.0766. The van der Waals surface area contributed by atoms with Gasteiger partial charge in [0.2, 0.25) is 0 Å². The normalized spacial score (nSPS) is 15.9. The molecule has 172 valence electrons. The standard InChI is InChI=1S/C25H33N3O3S/c1-17(2)31-14-6-12-26-19-9-10-20-22(15-19)32-24-23(20)25(29)28(16-27-24)13-11-18-7-4-5-8-21(18)30-3/h4-5,7-8,16-17,19,26H,6,9-15H2,1-3H3. The summed E-state index contributed by atoms with van der Waals surface area (Å²) in [5.74, 6) is 0.858. The van der Waals surface area contributed by atoms with Crippen LogP contribution in [0, 0.1) is 0 Å². The zero-order chi connectivity index (χ0) is 22.5. The van der Waals surface area contributed by atoms with Gasteiger partial charge in [-0.25, -0.2) is 4.98 Å². The van der Waals surface area contributed by atoms with Gasteiger partial charge < -0.3 is 14.8 Å². The van der Waals surface area contributed by atoms with Crippen molar-refractivity contribution in [3.05, 3.63) is 57.0 Å². The predicted molar refractivity (Wildman–Crippen MR) is 130 cm³/mol. The minimum atomic E-state index is 0.0830. The quantitative estimate of drug-likeness (QED) is 0.469. The molecule has 0 aliphatic heterocycles. The second-order valence-electron chi connectivity index (χ2n) is 8.66. The van der Waals surface area contributed by atoms with E-state index in [1.807, 2.05) is 24.3 Å². The Hall–Kier alpha value is -2.22. The van der Waals surface area contributed by atoms with E-state index in [0.717, 1.165) is 66.8 Å². The number of ether oxygens (including phenoxy) is 2. The Morgan fingerprint density at radius 3 is 2.97 bits per heavy atom. The van der Waals surface area contributed by atoms with Crippen LogP contribution in [-0.4, -0.2) is 42.0 Å². The van der Waals surface area contributed by atoms with E-state index >= 15 is 0 Å². The first-order valence-corrected chi connectivity index (χ1v) is 12.3. The van der Waals surface area contributed by atoms with Crippen LogP contribution in [0.2, 0.25) is 0 Å². The molecular formula is C25H33N3O3S. The molecule has 1 atom stereocenters. The molecule has 4 rings (SSSR count). The zero-order valence-electron chi connectivity index (χ0n) is 19.2. The molecule has 3 aromatic rings. The van der Waals surface area contributed by atoms with Crippen LogP contribution in [-0.2, 0) is 30.5 Å². The molecule has 1 aliphatic carbocycles. The van der Waals surface area contributed by atoms with Crippen LogP contribution < -0.4 is 15.6 Å². The van der Waals surface area contributed by atoms with E-state index in [1.165, 1.54) is 10.4 Å². The van der Waals surface area contributed by atoms with Crippen LogP contribution >= 0.6 is 11.3 Å². The van der Waals surface area contributed by atoms with Gasteiger partial charge in [0.1, 0.15) is 10.6 Å². The third kappa shape index (κ3) is 5.22. The zero-order valence-corrected chi connectivity index (χ0v) is 20.0. The minimum Gasteiger partial charge on any atom is -0.496 e. The number of thiophene rings is 1. The van der Waals surface area contributed by atoms with Crippen molar-refractivity contribution < 1.29 is 9.47 Å². The Labute approximate surface area is 193 Å². The first-order valence-electron chi connectivity index (χ1n) is 11.5. The molecule has 1 unspecified atom stereocenters. The van der Waals surface area contributed by atoms with Crippen molar-refractivity contribution >= 4 is 21.6 Å². The maximum Gasteiger partial charge on any atom is 0.262 e. The summed E-state index contributed by atoms with van der Waals surface area (Å²) >= 11 is 1.69. The van der Waals surface area contributed by atoms with Crippen molar-refractivity contribution in [2.24, 2.45) is 0 Å². The highest BCUT2D eigenvalue weighted by Gasteiger charge is 2.25. The van der Waals surface area contributed by atoms with Gasteiger partial charge >= 0.3 is 0 Å². The summed E-state index contributed by atoms with van der Waals surface area (Å²) in [6, 6.07) is 8.42. The number of rotatable bonds is 10. The van der Waals surface area contributed by atoms with Gasteiger partial charge in [-0.15, -0.1) is 11.3 Å². The fourth-order valence-corrected chi connectivity index (χ4v) is 5.64. The fraction of sp³-hybridized carbons (Fsp3) is 0.520. The second kappa shape index (κ2) is 10.6. The maximum absolute atomic E-state index is 13.3. The van der Waals surface area contributed by atoms with Gasteiger partial charge in [-0.1, -0.05) is 18.2 Å². The Morgan fingerprint density at radius 2 is 2.16 bits per heavy atom. The summed E-state index contributed by atoms with van der Waals surface area (Å²) in [6.45, 7) is 6.49. The van der Waals surface area contributed by atoms with Crippen molar-refractivity contribution in [2.75, 3.05) is 20.3 Å². The van der Waals surface area contributed by atoms with Crippen LogP contribution in [0.15, 0.2) is 35.4 Å². The molecule has 1 N–H and O–H groups in total. The molecule has 0 amide bonds. The van der Waals surface area contributed by atoms with E-state index < -0.39 is 0 Å². The first kappa shape index (κ1) is 23.0.